The Morgan fingerprint density at radius 3 is 2.48 bits per heavy atom. The molecule has 1 atom stereocenters. The van der Waals surface area contributed by atoms with E-state index >= 15 is 0 Å². The number of hydrogen-bond donors (Lipinski definition) is 1. The Bertz CT molecular complexity index is 968. The van der Waals surface area contributed by atoms with E-state index in [9.17, 15) is 13.9 Å². The Kier molecular flexibility index (Phi) is 6.11. The third-order valence-electron chi connectivity index (χ3n) is 4.40. The van der Waals surface area contributed by atoms with E-state index in [2.05, 4.69) is 31.1 Å². The van der Waals surface area contributed by atoms with Gasteiger partial charge in [0.05, 0.1) is 11.4 Å². The van der Waals surface area contributed by atoms with Gasteiger partial charge in [0.25, 0.3) is 0 Å². The first-order valence-electron chi connectivity index (χ1n) is 8.60. The van der Waals surface area contributed by atoms with Gasteiger partial charge in [-0.25, -0.2) is 4.68 Å². The highest BCUT2D eigenvalue weighted by molar-refractivity contribution is 7.79. The highest BCUT2D eigenvalue weighted by atomic mass is 35.5. The van der Waals surface area contributed by atoms with E-state index in [1.165, 1.54) is 11.6 Å². The van der Waals surface area contributed by atoms with Gasteiger partial charge in [-0.2, -0.15) is 5.10 Å². The molecule has 0 aliphatic heterocycles. The van der Waals surface area contributed by atoms with Gasteiger partial charge in [-0.1, -0.05) is 43.6 Å². The van der Waals surface area contributed by atoms with E-state index in [-0.39, 0.29) is 17.9 Å². The Hall–Kier alpha value is -1.99. The molecule has 0 fully saturated rings. The van der Waals surface area contributed by atoms with Crippen LogP contribution in [-0.2, 0) is 17.5 Å². The Morgan fingerprint density at radius 1 is 1.19 bits per heavy atom. The molecule has 0 aliphatic carbocycles. The van der Waals surface area contributed by atoms with Crippen LogP contribution in [0, 0.1) is 0 Å². The van der Waals surface area contributed by atoms with Crippen molar-refractivity contribution in [2.75, 3.05) is 6.61 Å². The molecule has 1 unspecified atom stereocenters. The zero-order chi connectivity index (χ0) is 19.6. The molecule has 0 saturated carbocycles. The fourth-order valence-electron chi connectivity index (χ4n) is 2.97. The van der Waals surface area contributed by atoms with Crippen LogP contribution >= 0.6 is 11.6 Å². The van der Waals surface area contributed by atoms with Crippen molar-refractivity contribution in [1.82, 2.24) is 9.78 Å². The lowest BCUT2D eigenvalue weighted by Gasteiger charge is -2.14. The van der Waals surface area contributed by atoms with Crippen LogP contribution in [0.1, 0.15) is 30.9 Å². The second-order valence-electron chi connectivity index (χ2n) is 6.54. The Labute approximate surface area is 165 Å². The average molecular weight is 404 g/mol. The number of benzene rings is 2. The van der Waals surface area contributed by atoms with E-state index in [1.54, 1.807) is 22.9 Å². The summed E-state index contributed by atoms with van der Waals surface area (Å²) >= 11 is 3.80. The lowest BCUT2D eigenvalue weighted by molar-refractivity contribution is 0.298. The van der Waals surface area contributed by atoms with Crippen molar-refractivity contribution in [1.29, 1.82) is 0 Å². The fraction of sp³-hybridized carbons (Fsp3) is 0.250. The maximum Gasteiger partial charge on any atom is 0.152 e. The fourth-order valence-corrected chi connectivity index (χ4v) is 3.71. The summed E-state index contributed by atoms with van der Waals surface area (Å²) in [5.41, 5.74) is 4.18. The van der Waals surface area contributed by atoms with Crippen LogP contribution in [-0.4, -0.2) is 30.3 Å². The van der Waals surface area contributed by atoms with Crippen molar-refractivity contribution in [3.8, 4) is 16.9 Å². The standard InChI is InChI=1S/C20H21ClN2O3S/c1-13(2)14-3-6-17(7-4-14)23-18(12-20(21)22-23)15-5-8-19(27(25)26)16(11-15)9-10-24/h3-8,11-13,24H,9-10H2,1-2H3,(H,25,26)/p-1. The van der Waals surface area contributed by atoms with Gasteiger partial charge in [0.15, 0.2) is 5.15 Å². The number of rotatable bonds is 6. The van der Waals surface area contributed by atoms with E-state index in [0.717, 1.165) is 16.9 Å². The van der Waals surface area contributed by atoms with Crippen LogP contribution in [0.15, 0.2) is 53.4 Å². The van der Waals surface area contributed by atoms with E-state index in [1.807, 2.05) is 12.1 Å². The van der Waals surface area contributed by atoms with Gasteiger partial charge >= 0.3 is 0 Å². The maximum absolute atomic E-state index is 11.4. The Balaban J connectivity index is 2.08. The predicted molar refractivity (Wildman–Crippen MR) is 106 cm³/mol. The summed E-state index contributed by atoms with van der Waals surface area (Å²) < 4.78 is 24.5. The van der Waals surface area contributed by atoms with Crippen molar-refractivity contribution in [3.63, 3.8) is 0 Å². The third kappa shape index (κ3) is 4.30. The summed E-state index contributed by atoms with van der Waals surface area (Å²) in [7, 11) is 0. The summed E-state index contributed by atoms with van der Waals surface area (Å²) in [6.45, 7) is 4.13. The molecule has 0 bridgehead atoms. The van der Waals surface area contributed by atoms with Crippen molar-refractivity contribution < 1.29 is 13.9 Å². The van der Waals surface area contributed by atoms with Crippen LogP contribution in [0.3, 0.4) is 0 Å². The molecule has 3 aromatic rings. The van der Waals surface area contributed by atoms with Crippen LogP contribution in [0.2, 0.25) is 5.15 Å². The summed E-state index contributed by atoms with van der Waals surface area (Å²) in [6.07, 6.45) is 0.252. The first kappa shape index (κ1) is 19.8. The average Bonchev–Trinajstić information content (AvgIpc) is 3.03. The molecule has 0 saturated heterocycles. The number of hydrogen-bond acceptors (Lipinski definition) is 4. The smallest absolute Gasteiger partial charge is 0.152 e. The molecule has 27 heavy (non-hydrogen) atoms. The predicted octanol–water partition coefficient (Wildman–Crippen LogP) is 4.09. The van der Waals surface area contributed by atoms with Gasteiger partial charge in [-0.3, -0.25) is 4.21 Å². The molecule has 0 radical (unpaired) electrons. The molecule has 1 N–H and O–H groups in total. The van der Waals surface area contributed by atoms with E-state index in [4.69, 9.17) is 11.6 Å². The molecule has 1 aromatic heterocycles. The van der Waals surface area contributed by atoms with Gasteiger partial charge in [-0.15, -0.1) is 0 Å². The zero-order valence-electron chi connectivity index (χ0n) is 15.1. The molecule has 0 aliphatic rings. The summed E-state index contributed by atoms with van der Waals surface area (Å²) in [5, 5.41) is 14.0. The number of aromatic nitrogens is 2. The second-order valence-corrected chi connectivity index (χ2v) is 7.84. The molecule has 3 rings (SSSR count). The molecule has 0 spiro atoms. The van der Waals surface area contributed by atoms with Crippen molar-refractivity contribution in [2.24, 2.45) is 0 Å². The minimum absolute atomic E-state index is 0.135. The SMILES string of the molecule is CC(C)c1ccc(-n2nc(Cl)cc2-c2ccc(S(=O)[O-])c(CCO)c2)cc1. The number of aliphatic hydroxyl groups excluding tert-OH is 1. The van der Waals surface area contributed by atoms with Gasteiger partial charge < -0.3 is 9.66 Å². The normalized spacial score (nSPS) is 12.5. The highest BCUT2D eigenvalue weighted by Gasteiger charge is 2.13. The van der Waals surface area contributed by atoms with Crippen LogP contribution in [0.4, 0.5) is 0 Å². The number of nitrogens with zero attached hydrogens (tertiary/aromatic N) is 2. The molecule has 2 aromatic carbocycles. The van der Waals surface area contributed by atoms with Crippen molar-refractivity contribution in [2.45, 2.75) is 31.1 Å². The first-order valence-corrected chi connectivity index (χ1v) is 10.1. The lowest BCUT2D eigenvalue weighted by atomic mass is 10.0. The van der Waals surface area contributed by atoms with Crippen molar-refractivity contribution >= 4 is 22.7 Å². The van der Waals surface area contributed by atoms with Crippen LogP contribution in [0.25, 0.3) is 16.9 Å². The molecular weight excluding hydrogens is 384 g/mol. The van der Waals surface area contributed by atoms with Crippen LogP contribution < -0.4 is 0 Å². The molecule has 142 valence electrons. The van der Waals surface area contributed by atoms with Gasteiger partial charge in [0.1, 0.15) is 0 Å². The minimum atomic E-state index is -2.36. The molecule has 1 heterocycles. The Morgan fingerprint density at radius 2 is 1.89 bits per heavy atom. The first-order chi connectivity index (χ1) is 12.9. The highest BCUT2D eigenvalue weighted by Crippen LogP contribution is 2.29. The zero-order valence-corrected chi connectivity index (χ0v) is 16.6. The van der Waals surface area contributed by atoms with Gasteiger partial charge in [0.2, 0.25) is 0 Å². The molecular formula is C20H20ClN2O3S-. The minimum Gasteiger partial charge on any atom is -0.768 e. The molecule has 5 nitrogen and oxygen atoms in total. The van der Waals surface area contributed by atoms with E-state index < -0.39 is 11.1 Å². The largest absolute Gasteiger partial charge is 0.768 e. The monoisotopic (exact) mass is 403 g/mol. The summed E-state index contributed by atoms with van der Waals surface area (Å²) in [4.78, 5) is 0.186. The van der Waals surface area contributed by atoms with E-state index in [0.29, 0.717) is 16.6 Å². The van der Waals surface area contributed by atoms with Crippen LogP contribution in [0.5, 0.6) is 0 Å². The number of aliphatic hydroxyl groups is 1. The quantitative estimate of drug-likeness (QED) is 0.629. The van der Waals surface area contributed by atoms with Gasteiger partial charge in [-0.05, 0) is 58.8 Å². The topological polar surface area (TPSA) is 78.2 Å². The van der Waals surface area contributed by atoms with Crippen molar-refractivity contribution in [3.05, 3.63) is 64.8 Å². The number of halogens is 1. The third-order valence-corrected chi connectivity index (χ3v) is 5.34. The van der Waals surface area contributed by atoms with Gasteiger partial charge in [0, 0.05) is 23.1 Å². The second kappa shape index (κ2) is 8.35. The summed E-state index contributed by atoms with van der Waals surface area (Å²) in [5.74, 6) is 0.432. The lowest BCUT2D eigenvalue weighted by Crippen LogP contribution is -2.03. The molecule has 7 heteroatoms. The molecule has 0 amide bonds. The summed E-state index contributed by atoms with van der Waals surface area (Å²) in [6, 6.07) is 14.8. The maximum atomic E-state index is 11.4.